The number of aromatic nitrogens is 4. The summed E-state index contributed by atoms with van der Waals surface area (Å²) in [6.45, 7) is 0. The fourth-order valence-electron chi connectivity index (χ4n) is 9.59. The summed E-state index contributed by atoms with van der Waals surface area (Å²) in [5.74, 6) is 2.21. The summed E-state index contributed by atoms with van der Waals surface area (Å²) in [5.41, 5.74) is 20.0. The third-order valence-corrected chi connectivity index (χ3v) is 11.5. The summed E-state index contributed by atoms with van der Waals surface area (Å²) in [4.78, 5) is 18.6. The van der Waals surface area contributed by atoms with Gasteiger partial charge in [0.1, 0.15) is 0 Å². The number of allylic oxidation sites excluding steroid dienone is 2. The zero-order valence-corrected chi connectivity index (χ0v) is 24.5. The molecule has 0 radical (unpaired) electrons. The molecule has 0 saturated heterocycles. The fourth-order valence-corrected chi connectivity index (χ4v) is 9.59. The average Bonchev–Trinajstić information content (AvgIpc) is 3.83. The lowest BCUT2D eigenvalue weighted by Gasteiger charge is -2.36. The molecule has 6 aliphatic carbocycles. The van der Waals surface area contributed by atoms with Crippen molar-refractivity contribution >= 4 is 22.1 Å². The van der Waals surface area contributed by atoms with Gasteiger partial charge in [0.25, 0.3) is 0 Å². The van der Waals surface area contributed by atoms with Crippen LogP contribution in [0.3, 0.4) is 0 Å². The molecule has 5 aromatic rings. The maximum atomic E-state index is 5.30. The first-order chi connectivity index (χ1) is 21.8. The van der Waals surface area contributed by atoms with Crippen LogP contribution in [-0.2, 0) is 0 Å². The van der Waals surface area contributed by atoms with Crippen LogP contribution in [0.5, 0.6) is 0 Å². The molecule has 8 aliphatic rings. The van der Waals surface area contributed by atoms with Crippen molar-refractivity contribution in [2.45, 2.75) is 62.2 Å². The molecule has 4 heteroatoms. The Kier molecular flexibility index (Phi) is 4.57. The molecule has 12 bridgehead atoms. The highest BCUT2D eigenvalue weighted by Crippen LogP contribution is 2.54. The van der Waals surface area contributed by atoms with Gasteiger partial charge in [-0.25, -0.2) is 9.97 Å². The minimum Gasteiger partial charge on any atom is -0.355 e. The second kappa shape index (κ2) is 8.47. The molecule has 212 valence electrons. The van der Waals surface area contributed by atoms with Gasteiger partial charge in [-0.1, -0.05) is 60.7 Å². The maximum Gasteiger partial charge on any atom is 0.0738 e. The SMILES string of the molecule is C1=C[C@H]2CC[C@@H]1c1c2c2cc3nc(cc4nc(cc5[nH]c(cc1[nH]2)c1c5C2CCC1CC2)-c1ccccc1-4)-c1ccccc1-3. The number of benzene rings is 2. The van der Waals surface area contributed by atoms with Gasteiger partial charge in [0.05, 0.1) is 22.8 Å². The largest absolute Gasteiger partial charge is 0.355 e. The Morgan fingerprint density at radius 2 is 0.818 bits per heavy atom. The van der Waals surface area contributed by atoms with E-state index in [2.05, 4.69) is 94.9 Å². The molecule has 2 aromatic carbocycles. The van der Waals surface area contributed by atoms with Gasteiger partial charge < -0.3 is 9.97 Å². The van der Waals surface area contributed by atoms with Crippen LogP contribution in [0.25, 0.3) is 67.1 Å². The van der Waals surface area contributed by atoms with Gasteiger partial charge in [-0.3, -0.25) is 0 Å². The van der Waals surface area contributed by atoms with Crippen LogP contribution in [0, 0.1) is 0 Å². The fraction of sp³-hybridized carbons (Fsp3) is 0.250. The number of hydrogen-bond donors (Lipinski definition) is 2. The van der Waals surface area contributed by atoms with E-state index >= 15 is 0 Å². The molecule has 5 heterocycles. The van der Waals surface area contributed by atoms with Crippen LogP contribution in [-0.4, -0.2) is 19.9 Å². The van der Waals surface area contributed by atoms with Crippen molar-refractivity contribution in [2.24, 2.45) is 0 Å². The predicted molar refractivity (Wildman–Crippen MR) is 178 cm³/mol. The Bertz CT molecular complexity index is 2270. The molecule has 0 unspecified atom stereocenters. The molecule has 13 rings (SSSR count). The summed E-state index contributed by atoms with van der Waals surface area (Å²) < 4.78 is 0. The van der Waals surface area contributed by atoms with Crippen molar-refractivity contribution in [3.8, 4) is 45.0 Å². The lowest BCUT2D eigenvalue weighted by atomic mass is 9.67. The Balaban J connectivity index is 1.32. The molecule has 2 atom stereocenters. The molecule has 44 heavy (non-hydrogen) atoms. The summed E-state index contributed by atoms with van der Waals surface area (Å²) >= 11 is 0. The van der Waals surface area contributed by atoms with E-state index in [9.17, 15) is 0 Å². The predicted octanol–water partition coefficient (Wildman–Crippen LogP) is 10.3. The molecule has 3 aromatic heterocycles. The van der Waals surface area contributed by atoms with Crippen molar-refractivity contribution in [3.63, 3.8) is 0 Å². The van der Waals surface area contributed by atoms with E-state index in [0.717, 1.165) is 22.8 Å². The van der Waals surface area contributed by atoms with Crippen LogP contribution >= 0.6 is 0 Å². The number of fused-ring (bicyclic) bond motifs is 17. The third-order valence-electron chi connectivity index (χ3n) is 11.5. The van der Waals surface area contributed by atoms with Gasteiger partial charge in [0, 0.05) is 56.2 Å². The average molecular weight is 569 g/mol. The van der Waals surface area contributed by atoms with Crippen LogP contribution in [0.1, 0.15) is 84.5 Å². The molecular weight excluding hydrogens is 536 g/mol. The van der Waals surface area contributed by atoms with Crippen molar-refractivity contribution in [3.05, 3.63) is 107 Å². The quantitative estimate of drug-likeness (QED) is 0.179. The van der Waals surface area contributed by atoms with E-state index in [-0.39, 0.29) is 0 Å². The number of aromatic amines is 2. The van der Waals surface area contributed by atoms with Gasteiger partial charge >= 0.3 is 0 Å². The Morgan fingerprint density at radius 3 is 1.27 bits per heavy atom. The van der Waals surface area contributed by atoms with Gasteiger partial charge in [-0.05, 0) is 96.9 Å². The molecule has 0 spiro atoms. The van der Waals surface area contributed by atoms with Gasteiger partial charge in [-0.15, -0.1) is 0 Å². The van der Waals surface area contributed by atoms with Gasteiger partial charge in [-0.2, -0.15) is 0 Å². The molecule has 4 nitrogen and oxygen atoms in total. The molecule has 0 amide bonds. The maximum absolute atomic E-state index is 5.30. The summed E-state index contributed by atoms with van der Waals surface area (Å²) in [6.07, 6.45) is 12.6. The highest BCUT2D eigenvalue weighted by Gasteiger charge is 2.37. The van der Waals surface area contributed by atoms with Crippen molar-refractivity contribution in [1.29, 1.82) is 0 Å². The first kappa shape index (κ1) is 23.7. The molecule has 2 aliphatic heterocycles. The number of hydrogen-bond acceptors (Lipinski definition) is 2. The zero-order valence-electron chi connectivity index (χ0n) is 24.5. The van der Waals surface area contributed by atoms with E-state index < -0.39 is 0 Å². The van der Waals surface area contributed by atoms with Crippen molar-refractivity contribution in [2.75, 3.05) is 0 Å². The van der Waals surface area contributed by atoms with Crippen LogP contribution in [0.4, 0.5) is 0 Å². The van der Waals surface area contributed by atoms with Crippen LogP contribution in [0.2, 0.25) is 0 Å². The molecule has 1 saturated carbocycles. The van der Waals surface area contributed by atoms with E-state index in [0.29, 0.717) is 23.7 Å². The zero-order chi connectivity index (χ0) is 28.5. The topological polar surface area (TPSA) is 57.4 Å². The monoisotopic (exact) mass is 568 g/mol. The Hall–Kier alpha value is -4.70. The van der Waals surface area contributed by atoms with E-state index in [4.69, 9.17) is 9.97 Å². The van der Waals surface area contributed by atoms with Gasteiger partial charge in [0.2, 0.25) is 0 Å². The lowest BCUT2D eigenvalue weighted by Crippen LogP contribution is -2.20. The highest BCUT2D eigenvalue weighted by molar-refractivity contribution is 5.92. The van der Waals surface area contributed by atoms with E-state index in [1.165, 1.54) is 94.0 Å². The van der Waals surface area contributed by atoms with Gasteiger partial charge in [0.15, 0.2) is 0 Å². The molecular formula is C40H32N4. The standard InChI is InChI=1S/C40H32N4/c1-3-7-27-25(5-1)29-17-30-26-6-2-4-8-28(26)32(42-30)19-34-38-22-11-15-24(16-12-22)40(38)36(44-34)20-35-39-23-13-9-21(10-14-23)37(39)33(43-35)18-31(27)41-29/h1-9,13,17-24,43-44H,10-12,14-16H2/t21-,22?,23+,24?/m0/s1. The third kappa shape index (κ3) is 3.13. The first-order valence-corrected chi connectivity index (χ1v) is 16.5. The highest BCUT2D eigenvalue weighted by atomic mass is 14.8. The van der Waals surface area contributed by atoms with Crippen LogP contribution in [0.15, 0.2) is 84.9 Å². The molecule has 1 fully saturated rings. The minimum atomic E-state index is 0.462. The van der Waals surface area contributed by atoms with Crippen molar-refractivity contribution < 1.29 is 0 Å². The van der Waals surface area contributed by atoms with Crippen molar-refractivity contribution in [1.82, 2.24) is 19.9 Å². The Labute approximate surface area is 256 Å². The summed E-state index contributed by atoms with van der Waals surface area (Å²) in [5, 5.41) is 0. The lowest BCUT2D eigenvalue weighted by molar-refractivity contribution is 0.364. The summed E-state index contributed by atoms with van der Waals surface area (Å²) in [6, 6.07) is 26.7. The number of nitrogens with zero attached hydrogens (tertiary/aromatic N) is 2. The normalized spacial score (nSPS) is 23.3. The number of H-pyrrole nitrogens is 2. The minimum absolute atomic E-state index is 0.462. The number of rotatable bonds is 0. The first-order valence-electron chi connectivity index (χ1n) is 16.5. The second-order valence-electron chi connectivity index (χ2n) is 13.7. The molecule has 2 N–H and O–H groups in total. The second-order valence-corrected chi connectivity index (χ2v) is 13.7. The Morgan fingerprint density at radius 1 is 0.432 bits per heavy atom. The summed E-state index contributed by atoms with van der Waals surface area (Å²) in [7, 11) is 0. The number of nitrogens with one attached hydrogen (secondary N) is 2. The smallest absolute Gasteiger partial charge is 0.0738 e. The van der Waals surface area contributed by atoms with Crippen LogP contribution < -0.4 is 0 Å². The van der Waals surface area contributed by atoms with E-state index in [1.807, 2.05) is 0 Å². The van der Waals surface area contributed by atoms with E-state index in [1.54, 1.807) is 11.1 Å².